The predicted octanol–water partition coefficient (Wildman–Crippen LogP) is 1.56. The quantitative estimate of drug-likeness (QED) is 0.565. The first kappa shape index (κ1) is 16.3. The van der Waals surface area contributed by atoms with Crippen molar-refractivity contribution in [2.45, 2.75) is 13.3 Å². The van der Waals surface area contributed by atoms with Gasteiger partial charge in [-0.1, -0.05) is 0 Å². The Hall–Kier alpha value is -1.75. The van der Waals surface area contributed by atoms with Crippen molar-refractivity contribution in [2.75, 3.05) is 25.6 Å². The molecule has 0 aliphatic carbocycles. The molecular weight excluding hydrogens is 280 g/mol. The second-order valence-electron chi connectivity index (χ2n) is 4.00. The molecular formula is C14H19ClN2O3. The molecule has 0 fully saturated rings. The van der Waals surface area contributed by atoms with Gasteiger partial charge >= 0.3 is 0 Å². The van der Waals surface area contributed by atoms with Gasteiger partial charge in [-0.2, -0.15) is 0 Å². The molecule has 1 rings (SSSR count). The molecule has 6 heteroatoms. The van der Waals surface area contributed by atoms with Crippen LogP contribution in [0.5, 0.6) is 5.75 Å². The lowest BCUT2D eigenvalue weighted by atomic mass is 10.2. The maximum atomic E-state index is 11.8. The van der Waals surface area contributed by atoms with Crippen LogP contribution in [0, 0.1) is 0 Å². The van der Waals surface area contributed by atoms with E-state index in [1.807, 2.05) is 6.92 Å². The number of benzene rings is 1. The van der Waals surface area contributed by atoms with Gasteiger partial charge in [-0.15, -0.1) is 11.6 Å². The third-order valence-corrected chi connectivity index (χ3v) is 2.67. The van der Waals surface area contributed by atoms with Crippen molar-refractivity contribution in [1.82, 2.24) is 10.6 Å². The van der Waals surface area contributed by atoms with Crippen molar-refractivity contribution in [3.8, 4) is 5.75 Å². The Morgan fingerprint density at radius 2 is 1.80 bits per heavy atom. The Labute approximate surface area is 123 Å². The molecule has 0 heterocycles. The molecule has 0 atom stereocenters. The molecule has 0 saturated carbocycles. The molecule has 0 radical (unpaired) electrons. The number of ether oxygens (including phenoxy) is 1. The average Bonchev–Trinajstić information content (AvgIpc) is 2.45. The number of carbonyl (C=O) groups excluding carboxylic acids is 2. The zero-order chi connectivity index (χ0) is 14.8. The highest BCUT2D eigenvalue weighted by molar-refractivity contribution is 6.18. The van der Waals surface area contributed by atoms with Crippen molar-refractivity contribution >= 4 is 23.4 Å². The maximum absolute atomic E-state index is 11.8. The van der Waals surface area contributed by atoms with E-state index in [4.69, 9.17) is 16.3 Å². The molecule has 2 amide bonds. The minimum absolute atomic E-state index is 0.115. The zero-order valence-electron chi connectivity index (χ0n) is 11.4. The lowest BCUT2D eigenvalue weighted by Gasteiger charge is -2.07. The SMILES string of the molecule is CCOc1ccc(C(=O)NCCNC(=O)CCCl)cc1. The Balaban J connectivity index is 2.30. The largest absolute Gasteiger partial charge is 0.494 e. The van der Waals surface area contributed by atoms with Gasteiger partial charge in [-0.3, -0.25) is 9.59 Å². The van der Waals surface area contributed by atoms with Gasteiger partial charge in [0.05, 0.1) is 6.61 Å². The third kappa shape index (κ3) is 5.93. The van der Waals surface area contributed by atoms with Crippen LogP contribution in [0.3, 0.4) is 0 Å². The summed E-state index contributed by atoms with van der Waals surface area (Å²) in [6.45, 7) is 3.26. The number of hydrogen-bond acceptors (Lipinski definition) is 3. The van der Waals surface area contributed by atoms with Crippen LogP contribution >= 0.6 is 11.6 Å². The smallest absolute Gasteiger partial charge is 0.251 e. The molecule has 0 spiro atoms. The van der Waals surface area contributed by atoms with E-state index < -0.39 is 0 Å². The number of amides is 2. The summed E-state index contributed by atoms with van der Waals surface area (Å²) in [6, 6.07) is 6.90. The molecule has 110 valence electrons. The number of nitrogens with one attached hydrogen (secondary N) is 2. The minimum Gasteiger partial charge on any atom is -0.494 e. The molecule has 0 aliphatic heterocycles. The highest BCUT2D eigenvalue weighted by Crippen LogP contribution is 2.11. The van der Waals surface area contributed by atoms with Gasteiger partial charge in [0.2, 0.25) is 5.91 Å². The van der Waals surface area contributed by atoms with Crippen LogP contribution in [-0.4, -0.2) is 37.4 Å². The molecule has 1 aromatic rings. The monoisotopic (exact) mass is 298 g/mol. The highest BCUT2D eigenvalue weighted by atomic mass is 35.5. The first-order valence-corrected chi connectivity index (χ1v) is 7.04. The van der Waals surface area contributed by atoms with Crippen molar-refractivity contribution in [2.24, 2.45) is 0 Å². The first-order valence-electron chi connectivity index (χ1n) is 6.51. The standard InChI is InChI=1S/C14H19ClN2O3/c1-2-20-12-5-3-11(4-6-12)14(19)17-10-9-16-13(18)7-8-15/h3-6H,2,7-10H2,1H3,(H,16,18)(H,17,19). The van der Waals surface area contributed by atoms with Crippen molar-refractivity contribution in [1.29, 1.82) is 0 Å². The molecule has 0 aliphatic rings. The van der Waals surface area contributed by atoms with Gasteiger partial charge in [0.1, 0.15) is 5.75 Å². The van der Waals surface area contributed by atoms with E-state index in [2.05, 4.69) is 10.6 Å². The lowest BCUT2D eigenvalue weighted by Crippen LogP contribution is -2.34. The van der Waals surface area contributed by atoms with Crippen LogP contribution in [0.15, 0.2) is 24.3 Å². The van der Waals surface area contributed by atoms with E-state index in [-0.39, 0.29) is 18.2 Å². The van der Waals surface area contributed by atoms with Gasteiger partial charge in [0.15, 0.2) is 0 Å². The predicted molar refractivity (Wildman–Crippen MR) is 78.3 cm³/mol. The first-order chi connectivity index (χ1) is 9.67. The number of halogens is 1. The average molecular weight is 299 g/mol. The van der Waals surface area contributed by atoms with Gasteiger partial charge < -0.3 is 15.4 Å². The second kappa shape index (κ2) is 9.20. The number of hydrogen-bond donors (Lipinski definition) is 2. The summed E-state index contributed by atoms with van der Waals surface area (Å²) in [4.78, 5) is 22.9. The van der Waals surface area contributed by atoms with E-state index >= 15 is 0 Å². The van der Waals surface area contributed by atoms with Gasteiger partial charge in [-0.25, -0.2) is 0 Å². The van der Waals surface area contributed by atoms with Crippen LogP contribution in [-0.2, 0) is 4.79 Å². The highest BCUT2D eigenvalue weighted by Gasteiger charge is 2.05. The summed E-state index contributed by atoms with van der Waals surface area (Å²) in [6.07, 6.45) is 0.286. The van der Waals surface area contributed by atoms with E-state index in [1.165, 1.54) is 0 Å². The van der Waals surface area contributed by atoms with Gasteiger partial charge in [0.25, 0.3) is 5.91 Å². The van der Waals surface area contributed by atoms with Crippen LogP contribution in [0.25, 0.3) is 0 Å². The molecule has 0 unspecified atom stereocenters. The molecule has 0 bridgehead atoms. The van der Waals surface area contributed by atoms with Crippen LogP contribution < -0.4 is 15.4 Å². The van der Waals surface area contributed by atoms with E-state index in [1.54, 1.807) is 24.3 Å². The number of carbonyl (C=O) groups is 2. The molecule has 20 heavy (non-hydrogen) atoms. The summed E-state index contributed by atoms with van der Waals surface area (Å²) in [7, 11) is 0. The van der Waals surface area contributed by atoms with E-state index in [0.717, 1.165) is 5.75 Å². The number of alkyl halides is 1. The van der Waals surface area contributed by atoms with Crippen molar-refractivity contribution in [3.63, 3.8) is 0 Å². The normalized spacial score (nSPS) is 9.90. The molecule has 2 N–H and O–H groups in total. The van der Waals surface area contributed by atoms with Gasteiger partial charge in [-0.05, 0) is 31.2 Å². The molecule has 0 saturated heterocycles. The van der Waals surface area contributed by atoms with Crippen molar-refractivity contribution < 1.29 is 14.3 Å². The Morgan fingerprint density at radius 1 is 1.15 bits per heavy atom. The summed E-state index contributed by atoms with van der Waals surface area (Å²) in [5.41, 5.74) is 0.556. The fourth-order valence-electron chi connectivity index (χ4n) is 1.52. The molecule has 0 aromatic heterocycles. The maximum Gasteiger partial charge on any atom is 0.251 e. The second-order valence-corrected chi connectivity index (χ2v) is 4.38. The zero-order valence-corrected chi connectivity index (χ0v) is 12.2. The Kier molecular flexibility index (Phi) is 7.50. The minimum atomic E-state index is -0.181. The topological polar surface area (TPSA) is 67.4 Å². The van der Waals surface area contributed by atoms with E-state index in [0.29, 0.717) is 31.1 Å². The van der Waals surface area contributed by atoms with E-state index in [9.17, 15) is 9.59 Å². The van der Waals surface area contributed by atoms with Crippen molar-refractivity contribution in [3.05, 3.63) is 29.8 Å². The molecule has 5 nitrogen and oxygen atoms in total. The lowest BCUT2D eigenvalue weighted by molar-refractivity contribution is -0.120. The Morgan fingerprint density at radius 3 is 2.40 bits per heavy atom. The van der Waals surface area contributed by atoms with Crippen LogP contribution in [0.2, 0.25) is 0 Å². The molecule has 1 aromatic carbocycles. The van der Waals surface area contributed by atoms with Gasteiger partial charge in [0, 0.05) is 31.0 Å². The van der Waals surface area contributed by atoms with Crippen LogP contribution in [0.4, 0.5) is 0 Å². The van der Waals surface area contributed by atoms with Crippen LogP contribution in [0.1, 0.15) is 23.7 Å². The Bertz CT molecular complexity index is 435. The third-order valence-electron chi connectivity index (χ3n) is 2.48. The summed E-state index contributed by atoms with van der Waals surface area (Å²) in [5, 5.41) is 5.38. The fraction of sp³-hybridized carbons (Fsp3) is 0.429. The fourth-order valence-corrected chi connectivity index (χ4v) is 1.70. The summed E-state index contributed by atoms with van der Waals surface area (Å²) in [5.74, 6) is 0.733. The summed E-state index contributed by atoms with van der Waals surface area (Å²) < 4.78 is 5.30. The summed E-state index contributed by atoms with van der Waals surface area (Å²) >= 11 is 5.43. The number of rotatable bonds is 8.